The number of guanidine groups is 1. The molecule has 1 N–H and O–H groups in total. The molecule has 2 fully saturated rings. The number of hydrogen-bond donors (Lipinski definition) is 1. The van der Waals surface area contributed by atoms with Crippen molar-refractivity contribution in [1.29, 1.82) is 0 Å². The van der Waals surface area contributed by atoms with Gasteiger partial charge in [0.1, 0.15) is 5.76 Å². The summed E-state index contributed by atoms with van der Waals surface area (Å²) in [4.78, 5) is 9.22. The Morgan fingerprint density at radius 1 is 1.38 bits per heavy atom. The molecule has 26 heavy (non-hydrogen) atoms. The van der Waals surface area contributed by atoms with E-state index < -0.39 is 0 Å². The molecule has 2 saturated heterocycles. The molecule has 148 valence electrons. The summed E-state index contributed by atoms with van der Waals surface area (Å²) in [6.07, 6.45) is 6.79. The van der Waals surface area contributed by atoms with Gasteiger partial charge in [0.2, 0.25) is 0 Å². The van der Waals surface area contributed by atoms with Crippen molar-refractivity contribution in [3.63, 3.8) is 0 Å². The van der Waals surface area contributed by atoms with Gasteiger partial charge in [-0.05, 0) is 44.5 Å². The van der Waals surface area contributed by atoms with Crippen LogP contribution in [0.25, 0.3) is 0 Å². The molecule has 2 atom stereocenters. The van der Waals surface area contributed by atoms with Crippen LogP contribution in [0.2, 0.25) is 0 Å². The summed E-state index contributed by atoms with van der Waals surface area (Å²) >= 11 is 0. The second-order valence-electron chi connectivity index (χ2n) is 7.17. The highest BCUT2D eigenvalue weighted by molar-refractivity contribution is 14.0. The van der Waals surface area contributed by atoms with Crippen molar-refractivity contribution < 1.29 is 9.15 Å². The molecule has 1 aromatic rings. The van der Waals surface area contributed by atoms with Gasteiger partial charge in [-0.2, -0.15) is 0 Å². The van der Waals surface area contributed by atoms with Gasteiger partial charge in [0.05, 0.1) is 18.9 Å². The lowest BCUT2D eigenvalue weighted by Crippen LogP contribution is -2.46. The predicted molar refractivity (Wildman–Crippen MR) is 115 cm³/mol. The SMILES string of the molecule is CN=C(NCC(c1ccco1)N1CCCCC1)N(C)CC1CCOC1.I. The topological polar surface area (TPSA) is 53.2 Å². The first kappa shape index (κ1) is 21.5. The average molecular weight is 476 g/mol. The molecule has 7 heteroatoms. The van der Waals surface area contributed by atoms with E-state index >= 15 is 0 Å². The summed E-state index contributed by atoms with van der Waals surface area (Å²) in [5, 5.41) is 3.56. The first-order valence-corrected chi connectivity index (χ1v) is 9.55. The highest BCUT2D eigenvalue weighted by Crippen LogP contribution is 2.24. The Morgan fingerprint density at radius 3 is 2.81 bits per heavy atom. The minimum atomic E-state index is 0. The van der Waals surface area contributed by atoms with Crippen molar-refractivity contribution in [2.24, 2.45) is 10.9 Å². The standard InChI is InChI=1S/C19H32N4O2.HI/c1-20-19(22(2)14-16-8-12-24-15-16)21-13-17(18-7-6-11-25-18)23-9-4-3-5-10-23;/h6-7,11,16-17H,3-5,8-10,12-15H2,1-2H3,(H,20,21);1H. The molecule has 0 spiro atoms. The van der Waals surface area contributed by atoms with Gasteiger partial charge in [-0.25, -0.2) is 0 Å². The van der Waals surface area contributed by atoms with Crippen molar-refractivity contribution in [3.05, 3.63) is 24.2 Å². The number of furan rings is 1. The highest BCUT2D eigenvalue weighted by atomic mass is 127. The number of ether oxygens (including phenoxy) is 1. The Morgan fingerprint density at radius 2 is 2.19 bits per heavy atom. The Hall–Kier alpha value is -0.800. The maximum Gasteiger partial charge on any atom is 0.193 e. The van der Waals surface area contributed by atoms with E-state index in [0.29, 0.717) is 5.92 Å². The van der Waals surface area contributed by atoms with Crippen LogP contribution in [0.1, 0.15) is 37.5 Å². The van der Waals surface area contributed by atoms with Crippen molar-refractivity contribution >= 4 is 29.9 Å². The van der Waals surface area contributed by atoms with Gasteiger partial charge in [-0.1, -0.05) is 6.42 Å². The van der Waals surface area contributed by atoms with E-state index in [4.69, 9.17) is 9.15 Å². The number of hydrogen-bond acceptors (Lipinski definition) is 4. The van der Waals surface area contributed by atoms with Gasteiger partial charge in [-0.3, -0.25) is 9.89 Å². The molecular formula is C19H33IN4O2. The largest absolute Gasteiger partial charge is 0.468 e. The van der Waals surface area contributed by atoms with Gasteiger partial charge in [0, 0.05) is 39.7 Å². The van der Waals surface area contributed by atoms with Gasteiger partial charge >= 0.3 is 0 Å². The van der Waals surface area contributed by atoms with Crippen molar-refractivity contribution in [1.82, 2.24) is 15.1 Å². The van der Waals surface area contributed by atoms with Crippen LogP contribution in [-0.2, 0) is 4.74 Å². The molecule has 2 aliphatic rings. The number of rotatable bonds is 6. The van der Waals surface area contributed by atoms with E-state index in [1.807, 2.05) is 13.1 Å². The first-order valence-electron chi connectivity index (χ1n) is 9.55. The summed E-state index contributed by atoms with van der Waals surface area (Å²) in [6.45, 7) is 5.83. The smallest absolute Gasteiger partial charge is 0.193 e. The Labute approximate surface area is 174 Å². The van der Waals surface area contributed by atoms with Gasteiger partial charge in [-0.15, -0.1) is 24.0 Å². The van der Waals surface area contributed by atoms with E-state index in [9.17, 15) is 0 Å². The maximum absolute atomic E-state index is 5.73. The van der Waals surface area contributed by atoms with Gasteiger partial charge in [0.25, 0.3) is 0 Å². The normalized spacial score (nSPS) is 22.7. The van der Waals surface area contributed by atoms with E-state index in [2.05, 4.69) is 33.2 Å². The summed E-state index contributed by atoms with van der Waals surface area (Å²) < 4.78 is 11.2. The summed E-state index contributed by atoms with van der Waals surface area (Å²) in [5.74, 6) is 2.59. The van der Waals surface area contributed by atoms with Crippen molar-refractivity contribution in [2.45, 2.75) is 31.7 Å². The van der Waals surface area contributed by atoms with Crippen LogP contribution < -0.4 is 5.32 Å². The van der Waals surface area contributed by atoms with Crippen LogP contribution in [0.15, 0.2) is 27.8 Å². The molecule has 0 bridgehead atoms. The molecule has 0 amide bonds. The third-order valence-electron chi connectivity index (χ3n) is 5.29. The molecule has 0 aliphatic carbocycles. The lowest BCUT2D eigenvalue weighted by Gasteiger charge is -2.34. The summed E-state index contributed by atoms with van der Waals surface area (Å²) in [5.41, 5.74) is 0. The van der Waals surface area contributed by atoms with Crippen molar-refractivity contribution in [3.8, 4) is 0 Å². The van der Waals surface area contributed by atoms with Crippen LogP contribution in [0.3, 0.4) is 0 Å². The second kappa shape index (κ2) is 11.1. The molecule has 0 saturated carbocycles. The Bertz CT molecular complexity index is 526. The van der Waals surface area contributed by atoms with Gasteiger partial charge in [0.15, 0.2) is 5.96 Å². The van der Waals surface area contributed by atoms with E-state index in [1.165, 1.54) is 19.3 Å². The molecular weight excluding hydrogens is 443 g/mol. The molecule has 0 radical (unpaired) electrons. The van der Waals surface area contributed by atoms with E-state index in [-0.39, 0.29) is 30.0 Å². The average Bonchev–Trinajstić information content (AvgIpc) is 3.33. The van der Waals surface area contributed by atoms with Crippen LogP contribution in [0.4, 0.5) is 0 Å². The zero-order valence-corrected chi connectivity index (χ0v) is 18.4. The monoisotopic (exact) mass is 476 g/mol. The van der Waals surface area contributed by atoms with Crippen molar-refractivity contribution in [2.75, 3.05) is 53.5 Å². The van der Waals surface area contributed by atoms with E-state index in [1.54, 1.807) is 6.26 Å². The van der Waals surface area contributed by atoms with Crippen LogP contribution in [-0.4, -0.2) is 69.2 Å². The maximum atomic E-state index is 5.73. The molecule has 2 aliphatic heterocycles. The zero-order chi connectivity index (χ0) is 17.5. The molecule has 0 aromatic carbocycles. The highest BCUT2D eigenvalue weighted by Gasteiger charge is 2.25. The summed E-state index contributed by atoms with van der Waals surface area (Å²) in [6, 6.07) is 4.33. The zero-order valence-electron chi connectivity index (χ0n) is 16.0. The van der Waals surface area contributed by atoms with Crippen LogP contribution in [0.5, 0.6) is 0 Å². The number of nitrogens with zero attached hydrogens (tertiary/aromatic N) is 3. The number of nitrogens with one attached hydrogen (secondary N) is 1. The Balaban J connectivity index is 0.00000243. The fraction of sp³-hybridized carbons (Fsp3) is 0.737. The van der Waals surface area contributed by atoms with E-state index in [0.717, 1.165) is 57.5 Å². The number of aliphatic imine (C=N–C) groups is 1. The molecule has 1 aromatic heterocycles. The first-order chi connectivity index (χ1) is 12.3. The number of halogens is 1. The molecule has 3 heterocycles. The number of piperidine rings is 1. The predicted octanol–water partition coefficient (Wildman–Crippen LogP) is 2.97. The Kier molecular flexibility index (Phi) is 9.21. The lowest BCUT2D eigenvalue weighted by atomic mass is 10.1. The third kappa shape index (κ3) is 5.85. The quantitative estimate of drug-likeness (QED) is 0.389. The van der Waals surface area contributed by atoms with Gasteiger partial charge < -0.3 is 19.4 Å². The minimum Gasteiger partial charge on any atom is -0.468 e. The fourth-order valence-corrected chi connectivity index (χ4v) is 3.89. The second-order valence-corrected chi connectivity index (χ2v) is 7.17. The number of likely N-dealkylation sites (tertiary alicyclic amines) is 1. The minimum absolute atomic E-state index is 0. The fourth-order valence-electron chi connectivity index (χ4n) is 3.89. The third-order valence-corrected chi connectivity index (χ3v) is 5.29. The summed E-state index contributed by atoms with van der Waals surface area (Å²) in [7, 11) is 3.96. The molecule has 6 nitrogen and oxygen atoms in total. The molecule has 2 unspecified atom stereocenters. The van der Waals surface area contributed by atoms with Crippen LogP contribution >= 0.6 is 24.0 Å². The van der Waals surface area contributed by atoms with Crippen LogP contribution in [0, 0.1) is 5.92 Å². The lowest BCUT2D eigenvalue weighted by molar-refractivity contribution is 0.145. The molecule has 3 rings (SSSR count).